The summed E-state index contributed by atoms with van der Waals surface area (Å²) in [6.45, 7) is 3.95. The highest BCUT2D eigenvalue weighted by molar-refractivity contribution is 5.29. The first-order valence-corrected chi connectivity index (χ1v) is 6.56. The van der Waals surface area contributed by atoms with Crippen LogP contribution in [0.3, 0.4) is 0 Å². The number of hydrogen-bond donors (Lipinski definition) is 1. The van der Waals surface area contributed by atoms with Gasteiger partial charge >= 0.3 is 0 Å². The Labute approximate surface area is 117 Å². The Morgan fingerprint density at radius 1 is 1.40 bits per heavy atom. The summed E-state index contributed by atoms with van der Waals surface area (Å²) >= 11 is 0. The Kier molecular flexibility index (Phi) is 4.39. The van der Waals surface area contributed by atoms with E-state index in [-0.39, 0.29) is 11.9 Å². The second-order valence-electron chi connectivity index (χ2n) is 4.99. The van der Waals surface area contributed by atoms with Gasteiger partial charge in [-0.15, -0.1) is 0 Å². The van der Waals surface area contributed by atoms with E-state index in [0.29, 0.717) is 17.9 Å². The fourth-order valence-electron chi connectivity index (χ4n) is 2.23. The average Bonchev–Trinajstić information content (AvgIpc) is 2.82. The van der Waals surface area contributed by atoms with Gasteiger partial charge in [-0.2, -0.15) is 5.10 Å². The van der Waals surface area contributed by atoms with Gasteiger partial charge in [-0.25, -0.2) is 4.39 Å². The maximum Gasteiger partial charge on any atom is 0.162 e. The average molecular weight is 278 g/mol. The first kappa shape index (κ1) is 14.5. The second kappa shape index (κ2) is 6.05. The van der Waals surface area contributed by atoms with Crippen LogP contribution >= 0.6 is 0 Å². The molecule has 5 heteroatoms. The molecular weight excluding hydrogens is 259 g/mol. The van der Waals surface area contributed by atoms with Crippen molar-refractivity contribution in [2.45, 2.75) is 32.4 Å². The predicted octanol–water partition coefficient (Wildman–Crippen LogP) is 2.89. The van der Waals surface area contributed by atoms with Crippen molar-refractivity contribution in [1.29, 1.82) is 0 Å². The maximum atomic E-state index is 13.2. The van der Waals surface area contributed by atoms with Gasteiger partial charge in [0.2, 0.25) is 0 Å². The number of aliphatic hydroxyl groups is 1. The van der Waals surface area contributed by atoms with Crippen molar-refractivity contribution in [1.82, 2.24) is 9.78 Å². The molecule has 1 atom stereocenters. The normalized spacial score (nSPS) is 12.7. The van der Waals surface area contributed by atoms with E-state index >= 15 is 0 Å². The van der Waals surface area contributed by atoms with Crippen LogP contribution < -0.4 is 4.74 Å². The van der Waals surface area contributed by atoms with Crippen LogP contribution in [-0.4, -0.2) is 22.0 Å². The molecule has 20 heavy (non-hydrogen) atoms. The van der Waals surface area contributed by atoms with Gasteiger partial charge in [0.25, 0.3) is 0 Å². The number of rotatable bonds is 5. The lowest BCUT2D eigenvalue weighted by atomic mass is 10.0. The lowest BCUT2D eigenvalue weighted by Crippen LogP contribution is -2.14. The molecular formula is C15H19FN2O2. The van der Waals surface area contributed by atoms with Crippen molar-refractivity contribution in [3.8, 4) is 5.75 Å². The number of aromatic nitrogens is 2. The smallest absolute Gasteiger partial charge is 0.162 e. The zero-order valence-corrected chi connectivity index (χ0v) is 11.9. The number of hydrogen-bond acceptors (Lipinski definition) is 3. The highest BCUT2D eigenvalue weighted by Gasteiger charge is 2.21. The Morgan fingerprint density at radius 3 is 2.75 bits per heavy atom. The van der Waals surface area contributed by atoms with Crippen LogP contribution in [0.1, 0.15) is 37.3 Å². The Balaban J connectivity index is 2.28. The predicted molar refractivity (Wildman–Crippen MR) is 74.2 cm³/mol. The summed E-state index contributed by atoms with van der Waals surface area (Å²) in [6, 6.07) is 6.33. The van der Waals surface area contributed by atoms with Gasteiger partial charge in [0.1, 0.15) is 17.6 Å². The van der Waals surface area contributed by atoms with Crippen molar-refractivity contribution in [2.24, 2.45) is 0 Å². The number of halogens is 1. The molecule has 4 nitrogen and oxygen atoms in total. The molecule has 1 aromatic carbocycles. The number of aliphatic hydroxyl groups excluding tert-OH is 1. The maximum absolute atomic E-state index is 13.2. The van der Waals surface area contributed by atoms with E-state index in [1.165, 1.54) is 12.1 Å². The number of nitrogens with zero attached hydrogens (tertiary/aromatic N) is 2. The third kappa shape index (κ3) is 2.99. The first-order chi connectivity index (χ1) is 9.52. The largest absolute Gasteiger partial charge is 0.493 e. The van der Waals surface area contributed by atoms with E-state index in [1.807, 2.05) is 13.8 Å². The fraction of sp³-hybridized carbons (Fsp3) is 0.400. The molecule has 1 aromatic heterocycles. The van der Waals surface area contributed by atoms with E-state index in [1.54, 1.807) is 30.1 Å². The summed E-state index contributed by atoms with van der Waals surface area (Å²) in [5, 5.41) is 14.7. The zero-order valence-electron chi connectivity index (χ0n) is 11.9. The number of benzene rings is 1. The molecule has 0 amide bonds. The van der Waals surface area contributed by atoms with Gasteiger partial charge in [-0.05, 0) is 31.5 Å². The molecule has 2 rings (SSSR count). The summed E-state index contributed by atoms with van der Waals surface area (Å²) < 4.78 is 20.2. The number of methoxy groups -OCH3 is 1. The molecule has 0 saturated carbocycles. The van der Waals surface area contributed by atoms with E-state index < -0.39 is 6.10 Å². The standard InChI is InChI=1S/C15H19FN2O2/c1-10(2)18-15(14(20-3)9-17-18)13(19)8-11-5-4-6-12(16)7-11/h4-7,9-10,13,19H,8H2,1-3H3. The van der Waals surface area contributed by atoms with Crippen LogP contribution in [0, 0.1) is 5.82 Å². The summed E-state index contributed by atoms with van der Waals surface area (Å²) in [5.74, 6) is 0.238. The van der Waals surface area contributed by atoms with Gasteiger partial charge in [0, 0.05) is 12.5 Å². The van der Waals surface area contributed by atoms with Gasteiger partial charge in [-0.1, -0.05) is 12.1 Å². The van der Waals surface area contributed by atoms with Gasteiger partial charge in [0.05, 0.1) is 13.3 Å². The fourth-order valence-corrected chi connectivity index (χ4v) is 2.23. The van der Waals surface area contributed by atoms with Crippen molar-refractivity contribution in [3.63, 3.8) is 0 Å². The monoisotopic (exact) mass is 278 g/mol. The topological polar surface area (TPSA) is 47.3 Å². The Bertz CT molecular complexity index is 581. The van der Waals surface area contributed by atoms with Crippen molar-refractivity contribution >= 4 is 0 Å². The molecule has 0 bridgehead atoms. The third-order valence-electron chi connectivity index (χ3n) is 3.14. The number of ether oxygens (including phenoxy) is 1. The van der Waals surface area contributed by atoms with E-state index in [4.69, 9.17) is 4.74 Å². The van der Waals surface area contributed by atoms with Crippen LogP contribution in [0.25, 0.3) is 0 Å². The highest BCUT2D eigenvalue weighted by Crippen LogP contribution is 2.29. The van der Waals surface area contributed by atoms with Crippen molar-refractivity contribution in [3.05, 3.63) is 47.5 Å². The van der Waals surface area contributed by atoms with Gasteiger partial charge in [-0.3, -0.25) is 4.68 Å². The molecule has 2 aromatic rings. The summed E-state index contributed by atoms with van der Waals surface area (Å²) in [7, 11) is 1.54. The lowest BCUT2D eigenvalue weighted by Gasteiger charge is -2.17. The van der Waals surface area contributed by atoms with Crippen LogP contribution in [0.4, 0.5) is 4.39 Å². The van der Waals surface area contributed by atoms with E-state index in [0.717, 1.165) is 5.56 Å². The lowest BCUT2D eigenvalue weighted by molar-refractivity contribution is 0.160. The third-order valence-corrected chi connectivity index (χ3v) is 3.14. The summed E-state index contributed by atoms with van der Waals surface area (Å²) in [6.07, 6.45) is 1.10. The van der Waals surface area contributed by atoms with Crippen molar-refractivity contribution < 1.29 is 14.2 Å². The molecule has 1 N–H and O–H groups in total. The summed E-state index contributed by atoms with van der Waals surface area (Å²) in [4.78, 5) is 0. The summed E-state index contributed by atoms with van der Waals surface area (Å²) in [5.41, 5.74) is 1.35. The van der Waals surface area contributed by atoms with Crippen molar-refractivity contribution in [2.75, 3.05) is 7.11 Å². The molecule has 0 aliphatic carbocycles. The first-order valence-electron chi connectivity index (χ1n) is 6.56. The minimum atomic E-state index is -0.795. The molecule has 0 radical (unpaired) electrons. The molecule has 0 fully saturated rings. The van der Waals surface area contributed by atoms with Gasteiger partial charge < -0.3 is 9.84 Å². The highest BCUT2D eigenvalue weighted by atomic mass is 19.1. The van der Waals surface area contributed by atoms with E-state index in [2.05, 4.69) is 5.10 Å². The molecule has 0 spiro atoms. The molecule has 108 valence electrons. The molecule has 1 unspecified atom stereocenters. The molecule has 0 aliphatic heterocycles. The molecule has 0 aliphatic rings. The van der Waals surface area contributed by atoms with Crippen LogP contribution in [0.15, 0.2) is 30.5 Å². The minimum Gasteiger partial charge on any atom is -0.493 e. The zero-order chi connectivity index (χ0) is 14.7. The SMILES string of the molecule is COc1cnn(C(C)C)c1C(O)Cc1cccc(F)c1. The molecule has 0 saturated heterocycles. The Morgan fingerprint density at radius 2 is 2.15 bits per heavy atom. The minimum absolute atomic E-state index is 0.107. The van der Waals surface area contributed by atoms with E-state index in [9.17, 15) is 9.50 Å². The van der Waals surface area contributed by atoms with Crippen LogP contribution in [0.2, 0.25) is 0 Å². The van der Waals surface area contributed by atoms with Crippen LogP contribution in [0.5, 0.6) is 5.75 Å². The molecule has 1 heterocycles. The second-order valence-corrected chi connectivity index (χ2v) is 4.99. The Hall–Kier alpha value is -1.88. The quantitative estimate of drug-likeness (QED) is 0.914. The van der Waals surface area contributed by atoms with Crippen LogP contribution in [-0.2, 0) is 6.42 Å². The van der Waals surface area contributed by atoms with Gasteiger partial charge in [0.15, 0.2) is 5.75 Å².